The van der Waals surface area contributed by atoms with Crippen molar-refractivity contribution in [1.82, 2.24) is 0 Å². The van der Waals surface area contributed by atoms with Crippen molar-refractivity contribution in [2.24, 2.45) is 50.2 Å². The molecule has 4 saturated carbocycles. The number of rotatable bonds is 11. The number of hydrogen-bond donors (Lipinski definition) is 11. The molecule has 0 aromatic heterocycles. The van der Waals surface area contributed by atoms with Gasteiger partial charge in [0.05, 0.1) is 50.3 Å². The Morgan fingerprint density at radius 1 is 0.657 bits per heavy atom. The van der Waals surface area contributed by atoms with E-state index in [4.69, 9.17) is 33.2 Å². The van der Waals surface area contributed by atoms with Gasteiger partial charge in [-0.2, -0.15) is 8.42 Å². The van der Waals surface area contributed by atoms with Gasteiger partial charge in [0.2, 0.25) is 0 Å². The van der Waals surface area contributed by atoms with Crippen molar-refractivity contribution in [3.8, 4) is 0 Å². The molecule has 0 amide bonds. The molecule has 4 heterocycles. The van der Waals surface area contributed by atoms with Crippen LogP contribution < -0.4 is 0 Å². The number of hydrogen-bond acceptors (Lipinski definition) is 20. The Hall–Kier alpha value is -1.07. The van der Waals surface area contributed by atoms with Gasteiger partial charge in [0, 0.05) is 22.2 Å². The van der Waals surface area contributed by atoms with Crippen molar-refractivity contribution in [2.75, 3.05) is 26.4 Å². The normalized spacial score (nSPS) is 56.3. The van der Waals surface area contributed by atoms with Crippen LogP contribution in [0.1, 0.15) is 99.8 Å². The smallest absolute Gasteiger partial charge is 0.396 e. The zero-order chi connectivity index (χ0) is 51.1. The van der Waals surface area contributed by atoms with Crippen molar-refractivity contribution < 1.29 is 101 Å². The van der Waals surface area contributed by atoms with Crippen LogP contribution in [0.25, 0.3) is 0 Å². The monoisotopic (exact) mass is 1020 g/mol. The summed E-state index contributed by atoms with van der Waals surface area (Å²) in [5, 5.41) is 111. The highest BCUT2D eigenvalue weighted by Crippen LogP contribution is 2.79. The van der Waals surface area contributed by atoms with Gasteiger partial charge in [0.25, 0.3) is 0 Å². The molecule has 9 aliphatic rings. The Kier molecular flexibility index (Phi) is 14.1. The summed E-state index contributed by atoms with van der Waals surface area (Å²) in [5.41, 5.74) is -2.79. The molecule has 5 aliphatic carbocycles. The molecular weight excluding hydrogens is 945 g/mol. The number of aliphatic hydroxyl groups is 10. The second kappa shape index (κ2) is 18.3. The SMILES string of the molecule is C[C@H]1O[C@@H](O[C@H]2CC[C@@]3(C)[C@@H](CC[C@]4(C)[C@@H]3C=C[C@@]35OC[C@@]6(CCC(C)(C)C[C@H]63)[C@@H](O)C[C@@]45C)[C@]2(C)CO)[C@H](O[C@@H]2O[C@H](CO)[C@H](O)[C@H](O)[C@H]2O)[C@@H](O[C@@H]2O[C@H](CO)[C@H](OS(=O)(=O)O)[C@H](O)[C@H]2O)[C@H]1O. The van der Waals surface area contributed by atoms with Crippen LogP contribution in [0.4, 0.5) is 0 Å². The van der Waals surface area contributed by atoms with Gasteiger partial charge in [-0.1, -0.05) is 53.7 Å². The highest BCUT2D eigenvalue weighted by Gasteiger charge is 2.79. The molecule has 0 radical (unpaired) electrons. The summed E-state index contributed by atoms with van der Waals surface area (Å²) < 4.78 is 81.3. The summed E-state index contributed by atoms with van der Waals surface area (Å²) in [7, 11) is -5.23. The minimum Gasteiger partial charge on any atom is -0.396 e. The van der Waals surface area contributed by atoms with Crippen LogP contribution in [0.15, 0.2) is 12.2 Å². The lowest BCUT2D eigenvalue weighted by Crippen LogP contribution is -2.72. The molecule has 9 rings (SSSR count). The molecule has 26 atom stereocenters. The standard InChI is InChI=1S/C48H78O21S/c1-22-30(53)37(67-40-35(58)33(56)36(24(19-50)65-40)69-70(59,60)61)38(68-39-34(57)32(55)31(54)23(18-49)64-39)41(63-22)66-29-10-11-43(4)25(44(29,5)20-51)8-12-45(6)26(43)9-13-48-27-16-42(2,3)14-15-47(27,21-62-48)28(52)17-46(45,48)7/h9,13,22-41,49-58H,8,10-12,14-21H2,1-7H3,(H,59,60,61)/t22-,23-,24-,25-,26-,27-,28+,29+,30+,31+,32+,33-,34-,35-,36+,37+,38-,39+,40+,41+,43+,44+,45-,46+,47-,48-/m1/s1. The fraction of sp³-hybridized carbons (Fsp3) is 0.958. The number of fused-ring (bicyclic) bond motifs is 4. The van der Waals surface area contributed by atoms with Crippen LogP contribution >= 0.6 is 0 Å². The maximum absolute atomic E-state index is 12.3. The third kappa shape index (κ3) is 7.98. The number of ether oxygens (including phenoxy) is 7. The van der Waals surface area contributed by atoms with Crippen LogP contribution in [0.2, 0.25) is 0 Å². The zero-order valence-corrected chi connectivity index (χ0v) is 41.9. The Morgan fingerprint density at radius 3 is 1.94 bits per heavy atom. The van der Waals surface area contributed by atoms with Gasteiger partial charge in [-0.15, -0.1) is 0 Å². The maximum Gasteiger partial charge on any atom is 0.397 e. The second-order valence-electron chi connectivity index (χ2n) is 24.3. The minimum atomic E-state index is -5.23. The van der Waals surface area contributed by atoms with E-state index < -0.39 is 144 Å². The van der Waals surface area contributed by atoms with Crippen LogP contribution in [0.5, 0.6) is 0 Å². The Bertz CT molecular complexity index is 2060. The van der Waals surface area contributed by atoms with Gasteiger partial charge in [-0.3, -0.25) is 4.55 Å². The van der Waals surface area contributed by atoms with Gasteiger partial charge in [0.15, 0.2) is 18.9 Å². The first kappa shape index (κ1) is 53.7. The highest BCUT2D eigenvalue weighted by atomic mass is 32.3. The molecule has 1 spiro atoms. The Morgan fingerprint density at radius 2 is 1.30 bits per heavy atom. The van der Waals surface area contributed by atoms with E-state index in [1.54, 1.807) is 0 Å². The van der Waals surface area contributed by atoms with Gasteiger partial charge in [0.1, 0.15) is 67.1 Å². The summed E-state index contributed by atoms with van der Waals surface area (Å²) >= 11 is 0. The summed E-state index contributed by atoms with van der Waals surface area (Å²) in [5.74, 6) is 0.0422. The van der Waals surface area contributed by atoms with Crippen molar-refractivity contribution in [3.63, 3.8) is 0 Å². The van der Waals surface area contributed by atoms with Gasteiger partial charge < -0.3 is 84.2 Å². The summed E-state index contributed by atoms with van der Waals surface area (Å²) in [6, 6.07) is 0. The fourth-order valence-electron chi connectivity index (χ4n) is 16.0. The molecule has 4 saturated heterocycles. The molecule has 22 heteroatoms. The van der Waals surface area contributed by atoms with Crippen LogP contribution in [-0.4, -0.2) is 200 Å². The predicted octanol–water partition coefficient (Wildman–Crippen LogP) is -0.572. The van der Waals surface area contributed by atoms with Crippen molar-refractivity contribution >= 4 is 10.4 Å². The molecule has 11 N–H and O–H groups in total. The largest absolute Gasteiger partial charge is 0.397 e. The molecule has 402 valence electrons. The Balaban J connectivity index is 1.03. The van der Waals surface area contributed by atoms with Gasteiger partial charge in [-0.25, -0.2) is 4.18 Å². The third-order valence-corrected chi connectivity index (χ3v) is 20.7. The zero-order valence-electron chi connectivity index (χ0n) is 41.1. The predicted molar refractivity (Wildman–Crippen MR) is 240 cm³/mol. The molecule has 70 heavy (non-hydrogen) atoms. The minimum absolute atomic E-state index is 0.0188. The average molecular weight is 1020 g/mol. The first-order chi connectivity index (χ1) is 32.6. The van der Waals surface area contributed by atoms with E-state index in [-0.39, 0.29) is 46.0 Å². The second-order valence-corrected chi connectivity index (χ2v) is 25.3. The topological polar surface area (TPSA) is 331 Å². The van der Waals surface area contributed by atoms with Crippen molar-refractivity contribution in [1.29, 1.82) is 0 Å². The maximum atomic E-state index is 12.3. The number of allylic oxidation sites excluding steroid dienone is 1. The molecule has 2 bridgehead atoms. The van der Waals surface area contributed by atoms with Crippen molar-refractivity contribution in [2.45, 2.75) is 210 Å². The quantitative estimate of drug-likeness (QED) is 0.0701. The van der Waals surface area contributed by atoms with E-state index in [1.165, 1.54) is 6.92 Å². The lowest BCUT2D eigenvalue weighted by molar-refractivity contribution is -0.397. The molecule has 0 aromatic carbocycles. The van der Waals surface area contributed by atoms with E-state index in [0.29, 0.717) is 32.3 Å². The molecule has 0 unspecified atom stereocenters. The lowest BCUT2D eigenvalue weighted by atomic mass is 9.32. The van der Waals surface area contributed by atoms with E-state index in [9.17, 15) is 64.0 Å². The summed E-state index contributed by atoms with van der Waals surface area (Å²) in [6.45, 7) is 13.5. The summed E-state index contributed by atoms with van der Waals surface area (Å²) in [6.07, 6.45) is -17.1. The fourth-order valence-corrected chi connectivity index (χ4v) is 16.5. The van der Waals surface area contributed by atoms with Crippen LogP contribution in [0, 0.1) is 50.2 Å². The molecule has 0 aromatic rings. The first-order valence-corrected chi connectivity index (χ1v) is 26.5. The van der Waals surface area contributed by atoms with Gasteiger partial charge in [-0.05, 0) is 86.4 Å². The molecular formula is C48H78O21S. The lowest BCUT2D eigenvalue weighted by Gasteiger charge is -2.73. The first-order valence-electron chi connectivity index (χ1n) is 25.1. The highest BCUT2D eigenvalue weighted by molar-refractivity contribution is 7.80. The van der Waals surface area contributed by atoms with E-state index in [2.05, 4.69) is 51.0 Å². The van der Waals surface area contributed by atoms with E-state index in [1.807, 2.05) is 6.92 Å². The Labute approximate surface area is 409 Å². The van der Waals surface area contributed by atoms with E-state index >= 15 is 0 Å². The average Bonchev–Trinajstić information content (AvgIpc) is 3.57. The molecule has 21 nitrogen and oxygen atoms in total. The third-order valence-electron chi connectivity index (χ3n) is 20.2. The van der Waals surface area contributed by atoms with Crippen LogP contribution in [-0.2, 0) is 47.7 Å². The molecule has 8 fully saturated rings. The van der Waals surface area contributed by atoms with E-state index in [0.717, 1.165) is 25.7 Å². The van der Waals surface area contributed by atoms with Crippen molar-refractivity contribution in [3.05, 3.63) is 12.2 Å². The summed E-state index contributed by atoms with van der Waals surface area (Å²) in [4.78, 5) is 0. The van der Waals surface area contributed by atoms with Crippen LogP contribution in [0.3, 0.4) is 0 Å². The van der Waals surface area contributed by atoms with Gasteiger partial charge >= 0.3 is 10.4 Å². The number of aliphatic hydroxyl groups excluding tert-OH is 10. The molecule has 4 aliphatic heterocycles.